The highest BCUT2D eigenvalue weighted by Gasteiger charge is 2.36. The lowest BCUT2D eigenvalue weighted by molar-refractivity contribution is 0.360. The van der Waals surface area contributed by atoms with Crippen LogP contribution in [0.2, 0.25) is 0 Å². The zero-order chi connectivity index (χ0) is 8.27. The lowest BCUT2D eigenvalue weighted by Crippen LogP contribution is -2.04. The Morgan fingerprint density at radius 2 is 1.73 bits per heavy atom. The molecule has 0 heteroatoms. The second-order valence-electron chi connectivity index (χ2n) is 4.36. The molecule has 2 bridgehead atoms. The fourth-order valence-corrected chi connectivity index (χ4v) is 2.56. The largest absolute Gasteiger partial charge is 0.0656 e. The Balaban J connectivity index is 0.000000179. The highest BCUT2D eigenvalue weighted by molar-refractivity contribution is 4.87. The van der Waals surface area contributed by atoms with Gasteiger partial charge in [0.05, 0.1) is 0 Å². The van der Waals surface area contributed by atoms with Gasteiger partial charge in [-0.1, -0.05) is 33.6 Å². The Morgan fingerprint density at radius 3 is 1.91 bits per heavy atom. The molecule has 0 radical (unpaired) electrons. The second kappa shape index (κ2) is 4.13. The van der Waals surface area contributed by atoms with Gasteiger partial charge >= 0.3 is 0 Å². The van der Waals surface area contributed by atoms with Crippen molar-refractivity contribution in [2.75, 3.05) is 0 Å². The van der Waals surface area contributed by atoms with E-state index in [1.165, 1.54) is 6.42 Å². The molecule has 2 fully saturated rings. The van der Waals surface area contributed by atoms with Crippen molar-refractivity contribution in [1.29, 1.82) is 0 Å². The standard InChI is InChI=1S/C8H14.C3H8/c1-6-4-7-2-3-8(6)5-7;1-3-2/h6-8H,2-5H2,1H3;3H2,1-2H3/t6-,7-,8-;/m0./s1. The molecule has 0 unspecified atom stereocenters. The predicted molar refractivity (Wildman–Crippen MR) is 50.6 cm³/mol. The van der Waals surface area contributed by atoms with Crippen molar-refractivity contribution in [3.05, 3.63) is 0 Å². The van der Waals surface area contributed by atoms with E-state index in [2.05, 4.69) is 20.8 Å². The van der Waals surface area contributed by atoms with Crippen LogP contribution in [-0.4, -0.2) is 0 Å². The van der Waals surface area contributed by atoms with Crippen LogP contribution in [0, 0.1) is 17.8 Å². The van der Waals surface area contributed by atoms with Gasteiger partial charge in [0.1, 0.15) is 0 Å². The summed E-state index contributed by atoms with van der Waals surface area (Å²) in [5, 5.41) is 0. The molecule has 2 rings (SSSR count). The van der Waals surface area contributed by atoms with E-state index in [1.54, 1.807) is 25.7 Å². The minimum atomic E-state index is 1.08. The van der Waals surface area contributed by atoms with Gasteiger partial charge in [0, 0.05) is 0 Å². The van der Waals surface area contributed by atoms with Crippen molar-refractivity contribution in [3.63, 3.8) is 0 Å². The van der Waals surface area contributed by atoms with Gasteiger partial charge in [0.15, 0.2) is 0 Å². The second-order valence-corrected chi connectivity index (χ2v) is 4.36. The molecule has 0 saturated heterocycles. The summed E-state index contributed by atoms with van der Waals surface area (Å²) in [5.74, 6) is 3.36. The SMILES string of the molecule is CCC.C[C@H]1C[C@@H]2CC[C@H]1C2. The van der Waals surface area contributed by atoms with Gasteiger partial charge in [-0.05, 0) is 37.0 Å². The van der Waals surface area contributed by atoms with Crippen molar-refractivity contribution in [1.82, 2.24) is 0 Å². The monoisotopic (exact) mass is 154 g/mol. The average molecular weight is 154 g/mol. The molecule has 0 aromatic carbocycles. The van der Waals surface area contributed by atoms with Crippen LogP contribution in [-0.2, 0) is 0 Å². The molecule has 0 aliphatic heterocycles. The third kappa shape index (κ3) is 2.21. The first-order chi connectivity index (χ1) is 5.27. The van der Waals surface area contributed by atoms with Crippen molar-refractivity contribution in [2.45, 2.75) is 52.9 Å². The molecule has 66 valence electrons. The molecule has 0 spiro atoms. The Hall–Kier alpha value is 0. The molecule has 2 saturated carbocycles. The maximum absolute atomic E-state index is 2.42. The molecule has 0 aromatic rings. The molecule has 2 aliphatic rings. The zero-order valence-electron chi connectivity index (χ0n) is 8.27. The van der Waals surface area contributed by atoms with Crippen LogP contribution in [0.4, 0.5) is 0 Å². The Bertz CT molecular complexity index is 105. The van der Waals surface area contributed by atoms with E-state index in [1.807, 2.05) is 0 Å². The third-order valence-electron chi connectivity index (χ3n) is 3.09. The summed E-state index contributed by atoms with van der Waals surface area (Å²) in [6, 6.07) is 0. The van der Waals surface area contributed by atoms with Gasteiger partial charge in [0.2, 0.25) is 0 Å². The van der Waals surface area contributed by atoms with Crippen LogP contribution in [0.3, 0.4) is 0 Å². The first-order valence-corrected chi connectivity index (χ1v) is 5.27. The number of hydrogen-bond donors (Lipinski definition) is 0. The maximum Gasteiger partial charge on any atom is -0.0386 e. The number of rotatable bonds is 0. The summed E-state index contributed by atoms with van der Waals surface area (Å²) in [7, 11) is 0. The molecular formula is C11H22. The molecule has 0 heterocycles. The van der Waals surface area contributed by atoms with Crippen molar-refractivity contribution in [2.24, 2.45) is 17.8 Å². The quantitative estimate of drug-likeness (QED) is 0.497. The average Bonchev–Trinajstić information content (AvgIpc) is 2.48. The minimum Gasteiger partial charge on any atom is -0.0656 e. The van der Waals surface area contributed by atoms with Crippen LogP contribution in [0.25, 0.3) is 0 Å². The molecule has 2 aliphatic carbocycles. The first kappa shape index (κ1) is 9.09. The van der Waals surface area contributed by atoms with Gasteiger partial charge in [-0.3, -0.25) is 0 Å². The maximum atomic E-state index is 2.42. The lowest BCUT2D eigenvalue weighted by Gasteiger charge is -2.15. The summed E-state index contributed by atoms with van der Waals surface area (Å²) >= 11 is 0. The van der Waals surface area contributed by atoms with E-state index in [0.717, 1.165) is 17.8 Å². The van der Waals surface area contributed by atoms with E-state index in [9.17, 15) is 0 Å². The molecule has 0 amide bonds. The van der Waals surface area contributed by atoms with Crippen LogP contribution in [0.1, 0.15) is 52.9 Å². The normalized spacial score (nSPS) is 40.1. The van der Waals surface area contributed by atoms with E-state index < -0.39 is 0 Å². The Kier molecular flexibility index (Phi) is 3.42. The number of fused-ring (bicyclic) bond motifs is 2. The van der Waals surface area contributed by atoms with E-state index in [-0.39, 0.29) is 0 Å². The topological polar surface area (TPSA) is 0 Å². The van der Waals surface area contributed by atoms with E-state index in [0.29, 0.717) is 0 Å². The summed E-state index contributed by atoms with van der Waals surface area (Å²) in [6.07, 6.45) is 7.46. The fourth-order valence-electron chi connectivity index (χ4n) is 2.56. The lowest BCUT2D eigenvalue weighted by atomic mass is 9.91. The fraction of sp³-hybridized carbons (Fsp3) is 1.00. The highest BCUT2D eigenvalue weighted by Crippen LogP contribution is 2.47. The first-order valence-electron chi connectivity index (χ1n) is 5.27. The van der Waals surface area contributed by atoms with Crippen LogP contribution < -0.4 is 0 Å². The van der Waals surface area contributed by atoms with Crippen LogP contribution in [0.5, 0.6) is 0 Å². The zero-order valence-corrected chi connectivity index (χ0v) is 8.27. The van der Waals surface area contributed by atoms with Gasteiger partial charge in [0.25, 0.3) is 0 Å². The van der Waals surface area contributed by atoms with Crippen molar-refractivity contribution >= 4 is 0 Å². The summed E-state index contributed by atoms with van der Waals surface area (Å²) in [6.45, 7) is 6.67. The minimum absolute atomic E-state index is 1.08. The molecule has 0 N–H and O–H groups in total. The van der Waals surface area contributed by atoms with Crippen molar-refractivity contribution in [3.8, 4) is 0 Å². The van der Waals surface area contributed by atoms with Gasteiger partial charge in [-0.2, -0.15) is 0 Å². The van der Waals surface area contributed by atoms with Crippen LogP contribution >= 0.6 is 0 Å². The molecule has 0 nitrogen and oxygen atoms in total. The van der Waals surface area contributed by atoms with Crippen molar-refractivity contribution < 1.29 is 0 Å². The summed E-state index contributed by atoms with van der Waals surface area (Å²) in [4.78, 5) is 0. The van der Waals surface area contributed by atoms with Gasteiger partial charge in [-0.25, -0.2) is 0 Å². The third-order valence-corrected chi connectivity index (χ3v) is 3.09. The van der Waals surface area contributed by atoms with E-state index >= 15 is 0 Å². The van der Waals surface area contributed by atoms with Crippen LogP contribution in [0.15, 0.2) is 0 Å². The smallest absolute Gasteiger partial charge is 0.0386 e. The Morgan fingerprint density at radius 1 is 1.09 bits per heavy atom. The molecule has 11 heavy (non-hydrogen) atoms. The van der Waals surface area contributed by atoms with E-state index in [4.69, 9.17) is 0 Å². The number of hydrogen-bond acceptors (Lipinski definition) is 0. The molecule has 3 atom stereocenters. The summed E-state index contributed by atoms with van der Waals surface area (Å²) < 4.78 is 0. The van der Waals surface area contributed by atoms with Gasteiger partial charge in [-0.15, -0.1) is 0 Å². The Labute approximate surface area is 71.4 Å². The van der Waals surface area contributed by atoms with Gasteiger partial charge < -0.3 is 0 Å². The highest BCUT2D eigenvalue weighted by atomic mass is 14.4. The molecular weight excluding hydrogens is 132 g/mol. The predicted octanol–water partition coefficient (Wildman–Crippen LogP) is 3.86. The molecule has 0 aromatic heterocycles. The summed E-state index contributed by atoms with van der Waals surface area (Å²) in [5.41, 5.74) is 0.